The predicted molar refractivity (Wildman–Crippen MR) is 67.9 cm³/mol. The summed E-state index contributed by atoms with van der Waals surface area (Å²) in [5.41, 5.74) is -0.834. The Morgan fingerprint density at radius 1 is 1.28 bits per heavy atom. The van der Waals surface area contributed by atoms with Crippen molar-refractivity contribution < 1.29 is 14.3 Å². The van der Waals surface area contributed by atoms with E-state index in [0.29, 0.717) is 12.8 Å². The van der Waals surface area contributed by atoms with E-state index in [1.165, 1.54) is 32.8 Å². The van der Waals surface area contributed by atoms with E-state index < -0.39 is 5.41 Å². The molecule has 102 valence electrons. The molecule has 2 rings (SSSR count). The number of rotatable bonds is 5. The molecule has 4 heteroatoms. The van der Waals surface area contributed by atoms with Gasteiger partial charge in [0.2, 0.25) is 5.91 Å². The topological polar surface area (TPSA) is 46.6 Å². The van der Waals surface area contributed by atoms with Gasteiger partial charge in [-0.05, 0) is 25.2 Å². The van der Waals surface area contributed by atoms with Gasteiger partial charge in [-0.15, -0.1) is 0 Å². The summed E-state index contributed by atoms with van der Waals surface area (Å²) in [6, 6.07) is 0. The van der Waals surface area contributed by atoms with Crippen molar-refractivity contribution in [2.45, 2.75) is 44.9 Å². The van der Waals surface area contributed by atoms with E-state index in [0.717, 1.165) is 18.9 Å². The van der Waals surface area contributed by atoms with Crippen molar-refractivity contribution in [1.82, 2.24) is 4.90 Å². The second kappa shape index (κ2) is 5.29. The number of carbonyl (C=O) groups excluding carboxylic acids is 2. The number of esters is 1. The fraction of sp³-hybridized carbons (Fsp3) is 0.857. The van der Waals surface area contributed by atoms with Crippen LogP contribution < -0.4 is 0 Å². The van der Waals surface area contributed by atoms with Gasteiger partial charge in [0.25, 0.3) is 0 Å². The Labute approximate surface area is 109 Å². The monoisotopic (exact) mass is 253 g/mol. The number of ether oxygens (including phenoxy) is 1. The van der Waals surface area contributed by atoms with Crippen molar-refractivity contribution in [2.75, 3.05) is 20.7 Å². The van der Waals surface area contributed by atoms with Crippen molar-refractivity contribution in [3.63, 3.8) is 0 Å². The molecule has 0 heterocycles. The Balaban J connectivity index is 1.83. The largest absolute Gasteiger partial charge is 0.468 e. The van der Waals surface area contributed by atoms with Crippen molar-refractivity contribution in [3.05, 3.63) is 0 Å². The van der Waals surface area contributed by atoms with Crippen LogP contribution in [-0.2, 0) is 14.3 Å². The first-order chi connectivity index (χ1) is 8.60. The Morgan fingerprint density at radius 2 is 1.89 bits per heavy atom. The number of hydrogen-bond donors (Lipinski definition) is 0. The first-order valence-electron chi connectivity index (χ1n) is 6.94. The molecule has 1 amide bonds. The minimum absolute atomic E-state index is 0.0488. The van der Waals surface area contributed by atoms with Gasteiger partial charge in [0.15, 0.2) is 0 Å². The van der Waals surface area contributed by atoms with Gasteiger partial charge in [-0.2, -0.15) is 0 Å². The van der Waals surface area contributed by atoms with E-state index in [1.54, 1.807) is 11.9 Å². The van der Waals surface area contributed by atoms with Crippen LogP contribution in [-0.4, -0.2) is 37.5 Å². The number of methoxy groups -OCH3 is 1. The molecule has 0 unspecified atom stereocenters. The Hall–Kier alpha value is -1.06. The van der Waals surface area contributed by atoms with Crippen molar-refractivity contribution in [2.24, 2.45) is 11.3 Å². The molecule has 18 heavy (non-hydrogen) atoms. The molecule has 0 saturated heterocycles. The highest BCUT2D eigenvalue weighted by Crippen LogP contribution is 2.48. The molecule has 0 atom stereocenters. The molecule has 2 aliphatic rings. The van der Waals surface area contributed by atoms with Crippen LogP contribution >= 0.6 is 0 Å². The van der Waals surface area contributed by atoms with Gasteiger partial charge in [0, 0.05) is 13.6 Å². The smallest absolute Gasteiger partial charge is 0.321 e. The Morgan fingerprint density at radius 3 is 2.39 bits per heavy atom. The average Bonchev–Trinajstić information content (AvgIpc) is 3.04. The third-order valence-electron chi connectivity index (χ3n) is 4.43. The van der Waals surface area contributed by atoms with Crippen molar-refractivity contribution in [3.8, 4) is 0 Å². The first-order valence-corrected chi connectivity index (χ1v) is 6.94. The molecule has 0 aromatic carbocycles. The van der Waals surface area contributed by atoms with Crippen molar-refractivity contribution in [1.29, 1.82) is 0 Å². The number of nitrogens with zero attached hydrogens (tertiary/aromatic N) is 1. The zero-order valence-electron chi connectivity index (χ0n) is 11.4. The summed E-state index contributed by atoms with van der Waals surface area (Å²) < 4.78 is 4.74. The van der Waals surface area contributed by atoms with Crippen LogP contribution in [0.4, 0.5) is 0 Å². The summed E-state index contributed by atoms with van der Waals surface area (Å²) >= 11 is 0. The van der Waals surface area contributed by atoms with Crippen molar-refractivity contribution >= 4 is 11.9 Å². The lowest BCUT2D eigenvalue weighted by Gasteiger charge is -2.23. The van der Waals surface area contributed by atoms with E-state index in [1.807, 2.05) is 0 Å². The molecule has 0 aromatic heterocycles. The van der Waals surface area contributed by atoms with Crippen LogP contribution in [0.25, 0.3) is 0 Å². The van der Waals surface area contributed by atoms with Gasteiger partial charge in [-0.25, -0.2) is 0 Å². The van der Waals surface area contributed by atoms with Gasteiger partial charge in [-0.1, -0.05) is 25.7 Å². The fourth-order valence-corrected chi connectivity index (χ4v) is 2.97. The molecule has 4 nitrogen and oxygen atoms in total. The predicted octanol–water partition coefficient (Wildman–Crippen LogP) is 1.98. The van der Waals surface area contributed by atoms with Gasteiger partial charge < -0.3 is 9.64 Å². The highest BCUT2D eigenvalue weighted by Gasteiger charge is 2.58. The maximum Gasteiger partial charge on any atom is 0.321 e. The second-order valence-corrected chi connectivity index (χ2v) is 5.74. The highest BCUT2D eigenvalue weighted by molar-refractivity contribution is 6.05. The summed E-state index contributed by atoms with van der Waals surface area (Å²) in [4.78, 5) is 25.6. The van der Waals surface area contributed by atoms with Gasteiger partial charge in [0.05, 0.1) is 7.11 Å². The highest BCUT2D eigenvalue weighted by atomic mass is 16.5. The first kappa shape index (κ1) is 13.4. The summed E-state index contributed by atoms with van der Waals surface area (Å²) in [5, 5.41) is 0. The molecule has 0 bridgehead atoms. The lowest BCUT2D eigenvalue weighted by Crippen LogP contribution is -2.39. The number of amides is 1. The van der Waals surface area contributed by atoms with Crippen LogP contribution in [0.5, 0.6) is 0 Å². The van der Waals surface area contributed by atoms with E-state index in [2.05, 4.69) is 0 Å². The van der Waals surface area contributed by atoms with Gasteiger partial charge in [0.1, 0.15) is 5.41 Å². The third kappa shape index (κ3) is 2.52. The third-order valence-corrected chi connectivity index (χ3v) is 4.43. The molecule has 0 spiro atoms. The lowest BCUT2D eigenvalue weighted by molar-refractivity contribution is -0.155. The van der Waals surface area contributed by atoms with Gasteiger partial charge in [-0.3, -0.25) is 9.59 Å². The summed E-state index contributed by atoms with van der Waals surface area (Å²) in [6.07, 6.45) is 7.61. The zero-order valence-corrected chi connectivity index (χ0v) is 11.4. The van der Waals surface area contributed by atoms with Crippen LogP contribution in [0.2, 0.25) is 0 Å². The molecule has 0 N–H and O–H groups in total. The molecule has 0 radical (unpaired) electrons. The van der Waals surface area contributed by atoms with E-state index in [9.17, 15) is 9.59 Å². The Bertz CT molecular complexity index is 330. The molecular weight excluding hydrogens is 230 g/mol. The standard InChI is InChI=1S/C14H23NO3/c1-15(10-7-11-5-3-4-6-11)12(16)14(8-9-14)13(17)18-2/h11H,3-10H2,1-2H3. The van der Waals surface area contributed by atoms with Crippen LogP contribution in [0.15, 0.2) is 0 Å². The Kier molecular flexibility index (Phi) is 3.93. The second-order valence-electron chi connectivity index (χ2n) is 5.74. The molecule has 2 saturated carbocycles. The lowest BCUT2D eigenvalue weighted by atomic mass is 10.0. The summed E-state index contributed by atoms with van der Waals surface area (Å²) in [5.74, 6) is 0.362. The summed E-state index contributed by atoms with van der Waals surface area (Å²) in [7, 11) is 3.16. The quantitative estimate of drug-likeness (QED) is 0.556. The minimum atomic E-state index is -0.834. The molecule has 0 aliphatic heterocycles. The zero-order chi connectivity index (χ0) is 13.2. The maximum absolute atomic E-state index is 12.3. The fourth-order valence-electron chi connectivity index (χ4n) is 2.97. The minimum Gasteiger partial charge on any atom is -0.468 e. The molecule has 2 aliphatic carbocycles. The average molecular weight is 253 g/mol. The van der Waals surface area contributed by atoms with Crippen LogP contribution in [0.1, 0.15) is 44.9 Å². The molecule has 0 aromatic rings. The molecular formula is C14H23NO3. The summed E-state index contributed by atoms with van der Waals surface area (Å²) in [6.45, 7) is 0.766. The van der Waals surface area contributed by atoms with Crippen LogP contribution in [0, 0.1) is 11.3 Å². The number of carbonyl (C=O) groups is 2. The van der Waals surface area contributed by atoms with Gasteiger partial charge >= 0.3 is 5.97 Å². The number of hydrogen-bond acceptors (Lipinski definition) is 3. The van der Waals surface area contributed by atoms with E-state index in [-0.39, 0.29) is 11.9 Å². The SMILES string of the molecule is COC(=O)C1(C(=O)N(C)CCC2CCCC2)CC1. The molecule has 2 fully saturated rings. The van der Waals surface area contributed by atoms with E-state index in [4.69, 9.17) is 4.74 Å². The normalized spacial score (nSPS) is 21.7. The van der Waals surface area contributed by atoms with Crippen LogP contribution in [0.3, 0.4) is 0 Å². The maximum atomic E-state index is 12.3. The van der Waals surface area contributed by atoms with E-state index >= 15 is 0 Å².